The largest absolute Gasteiger partial charge is 0.494 e. The summed E-state index contributed by atoms with van der Waals surface area (Å²) in [5, 5.41) is 0. The van der Waals surface area contributed by atoms with Crippen molar-refractivity contribution >= 4 is 18.7 Å². The van der Waals surface area contributed by atoms with Gasteiger partial charge in [-0.3, -0.25) is 4.79 Å². The highest BCUT2D eigenvalue weighted by Crippen LogP contribution is 2.11. The molecule has 0 aromatic heterocycles. The molecule has 0 radical (unpaired) electrons. The number of rotatable bonds is 12. The number of benzene rings is 1. The predicted octanol–water partition coefficient (Wildman–Crippen LogP) is 4.59. The molecule has 0 N–H and O–H groups in total. The summed E-state index contributed by atoms with van der Waals surface area (Å²) in [6.07, 6.45) is 6.95. The maximum absolute atomic E-state index is 10.6. The summed E-state index contributed by atoms with van der Waals surface area (Å²) >= 11 is 0. The van der Waals surface area contributed by atoms with Crippen LogP contribution in [0.25, 0.3) is 0 Å². The number of nitrogens with zero attached hydrogens (tertiary/aromatic N) is 1. The average molecular weight is 328 g/mol. The molecule has 0 aliphatic carbocycles. The summed E-state index contributed by atoms with van der Waals surface area (Å²) in [5.41, 5.74) is 0.688. The van der Waals surface area contributed by atoms with Gasteiger partial charge in [0.1, 0.15) is 12.0 Å². The van der Waals surface area contributed by atoms with Crippen molar-refractivity contribution in [2.75, 3.05) is 26.2 Å². The predicted molar refractivity (Wildman–Crippen MR) is 95.4 cm³/mol. The minimum atomic E-state index is 0. The van der Waals surface area contributed by atoms with Gasteiger partial charge in [-0.25, -0.2) is 0 Å². The molecule has 0 saturated carbocycles. The third kappa shape index (κ3) is 9.06. The first-order chi connectivity index (χ1) is 10.3. The lowest BCUT2D eigenvalue weighted by atomic mass is 10.2. The van der Waals surface area contributed by atoms with Crippen LogP contribution in [0.4, 0.5) is 0 Å². The Balaban J connectivity index is 0.00000441. The van der Waals surface area contributed by atoms with Gasteiger partial charge in [0.15, 0.2) is 0 Å². The van der Waals surface area contributed by atoms with Gasteiger partial charge in [0.25, 0.3) is 0 Å². The van der Waals surface area contributed by atoms with Gasteiger partial charge >= 0.3 is 0 Å². The molecular weight excluding hydrogens is 298 g/mol. The maximum atomic E-state index is 10.6. The zero-order valence-corrected chi connectivity index (χ0v) is 14.7. The molecule has 0 bridgehead atoms. The Bertz CT molecular complexity index is 373. The second-order valence-corrected chi connectivity index (χ2v) is 5.44. The Morgan fingerprint density at radius 3 is 2.00 bits per heavy atom. The fourth-order valence-electron chi connectivity index (χ4n) is 2.22. The first-order valence-electron chi connectivity index (χ1n) is 8.20. The number of halogens is 1. The Hall–Kier alpha value is -1.06. The van der Waals surface area contributed by atoms with Crippen molar-refractivity contribution in [2.45, 2.75) is 46.0 Å². The van der Waals surface area contributed by atoms with Crippen LogP contribution in [0.3, 0.4) is 0 Å². The van der Waals surface area contributed by atoms with Crippen LogP contribution in [0.5, 0.6) is 5.75 Å². The first-order valence-corrected chi connectivity index (χ1v) is 8.20. The highest BCUT2D eigenvalue weighted by Gasteiger charge is 2.03. The molecule has 0 unspecified atom stereocenters. The van der Waals surface area contributed by atoms with E-state index in [-0.39, 0.29) is 12.4 Å². The molecule has 126 valence electrons. The molecule has 22 heavy (non-hydrogen) atoms. The number of aldehydes is 1. The van der Waals surface area contributed by atoms with Crippen molar-refractivity contribution < 1.29 is 9.53 Å². The zero-order valence-electron chi connectivity index (χ0n) is 13.9. The fraction of sp³-hybridized carbons (Fsp3) is 0.611. The third-order valence-electron chi connectivity index (χ3n) is 3.56. The standard InChI is InChI=1S/C18H29NO2.ClH/c1-3-5-12-19(13-6-4-2)14-7-15-21-18-10-8-17(16-20)9-11-18;/h8-11,16H,3-7,12-15H2,1-2H3;1H. The molecule has 0 heterocycles. The summed E-state index contributed by atoms with van der Waals surface area (Å²) in [6, 6.07) is 7.29. The van der Waals surface area contributed by atoms with Gasteiger partial charge in [-0.05, 0) is 56.6 Å². The summed E-state index contributed by atoms with van der Waals surface area (Å²) in [5.74, 6) is 0.842. The van der Waals surface area contributed by atoms with Crippen LogP contribution in [0, 0.1) is 0 Å². The van der Waals surface area contributed by atoms with Crippen LogP contribution in [0.15, 0.2) is 24.3 Å². The van der Waals surface area contributed by atoms with Crippen molar-refractivity contribution in [1.29, 1.82) is 0 Å². The maximum Gasteiger partial charge on any atom is 0.150 e. The topological polar surface area (TPSA) is 29.5 Å². The molecule has 4 heteroatoms. The molecule has 0 aliphatic heterocycles. The Morgan fingerprint density at radius 1 is 0.955 bits per heavy atom. The van der Waals surface area contributed by atoms with Gasteiger partial charge in [0.05, 0.1) is 6.61 Å². The van der Waals surface area contributed by atoms with E-state index in [4.69, 9.17) is 4.74 Å². The summed E-state index contributed by atoms with van der Waals surface area (Å²) < 4.78 is 5.72. The number of carbonyl (C=O) groups is 1. The first kappa shape index (κ1) is 20.9. The van der Waals surface area contributed by atoms with Crippen LogP contribution in [0.2, 0.25) is 0 Å². The minimum absolute atomic E-state index is 0. The zero-order chi connectivity index (χ0) is 15.3. The van der Waals surface area contributed by atoms with Crippen molar-refractivity contribution in [3.63, 3.8) is 0 Å². The highest BCUT2D eigenvalue weighted by atomic mass is 35.5. The SMILES string of the molecule is CCCCN(CCCC)CCCOc1ccc(C=O)cc1.Cl. The van der Waals surface area contributed by atoms with E-state index in [9.17, 15) is 4.79 Å². The van der Waals surface area contributed by atoms with Crippen molar-refractivity contribution in [1.82, 2.24) is 4.90 Å². The number of ether oxygens (including phenoxy) is 1. The van der Waals surface area contributed by atoms with Crippen LogP contribution in [0.1, 0.15) is 56.3 Å². The van der Waals surface area contributed by atoms with Crippen LogP contribution < -0.4 is 4.74 Å². The highest BCUT2D eigenvalue weighted by molar-refractivity contribution is 5.85. The second kappa shape index (κ2) is 13.6. The molecule has 1 aromatic carbocycles. The van der Waals surface area contributed by atoms with Gasteiger partial charge < -0.3 is 9.64 Å². The molecule has 0 spiro atoms. The lowest BCUT2D eigenvalue weighted by Crippen LogP contribution is -2.28. The minimum Gasteiger partial charge on any atom is -0.494 e. The molecule has 0 saturated heterocycles. The smallest absolute Gasteiger partial charge is 0.150 e. The third-order valence-corrected chi connectivity index (χ3v) is 3.56. The van der Waals surface area contributed by atoms with E-state index in [1.807, 2.05) is 12.1 Å². The van der Waals surface area contributed by atoms with Crippen LogP contribution in [-0.2, 0) is 0 Å². The molecule has 1 aromatic rings. The summed E-state index contributed by atoms with van der Waals surface area (Å²) in [6.45, 7) is 8.71. The fourth-order valence-corrected chi connectivity index (χ4v) is 2.22. The number of hydrogen-bond donors (Lipinski definition) is 0. The van der Waals surface area contributed by atoms with Gasteiger partial charge in [-0.1, -0.05) is 26.7 Å². The van der Waals surface area contributed by atoms with E-state index in [2.05, 4.69) is 18.7 Å². The second-order valence-electron chi connectivity index (χ2n) is 5.44. The lowest BCUT2D eigenvalue weighted by Gasteiger charge is -2.21. The van der Waals surface area contributed by atoms with Crippen molar-refractivity contribution in [3.8, 4) is 5.75 Å². The van der Waals surface area contributed by atoms with Gasteiger partial charge in [-0.2, -0.15) is 0 Å². The number of hydrogen-bond acceptors (Lipinski definition) is 3. The van der Waals surface area contributed by atoms with Gasteiger partial charge in [0, 0.05) is 12.1 Å². The van der Waals surface area contributed by atoms with E-state index in [0.717, 1.165) is 31.6 Å². The molecule has 0 aliphatic rings. The molecule has 0 atom stereocenters. The van der Waals surface area contributed by atoms with Crippen molar-refractivity contribution in [2.24, 2.45) is 0 Å². The molecule has 1 rings (SSSR count). The Labute approximate surface area is 141 Å². The Kier molecular flexibility index (Phi) is 12.9. The summed E-state index contributed by atoms with van der Waals surface area (Å²) in [4.78, 5) is 13.1. The molecular formula is C18H30ClNO2. The summed E-state index contributed by atoms with van der Waals surface area (Å²) in [7, 11) is 0. The van der Waals surface area contributed by atoms with E-state index in [1.165, 1.54) is 38.8 Å². The number of carbonyl (C=O) groups excluding carboxylic acids is 1. The number of unbranched alkanes of at least 4 members (excludes halogenated alkanes) is 2. The lowest BCUT2D eigenvalue weighted by molar-refractivity contribution is 0.112. The van der Waals surface area contributed by atoms with Gasteiger partial charge in [0.2, 0.25) is 0 Å². The molecule has 3 nitrogen and oxygen atoms in total. The monoisotopic (exact) mass is 327 g/mol. The van der Waals surface area contributed by atoms with Crippen molar-refractivity contribution in [3.05, 3.63) is 29.8 Å². The van der Waals surface area contributed by atoms with E-state index in [0.29, 0.717) is 5.56 Å². The van der Waals surface area contributed by atoms with E-state index < -0.39 is 0 Å². The molecule has 0 amide bonds. The van der Waals surface area contributed by atoms with E-state index in [1.54, 1.807) is 12.1 Å². The quantitative estimate of drug-likeness (QED) is 0.415. The Morgan fingerprint density at radius 2 is 1.50 bits per heavy atom. The molecule has 0 fully saturated rings. The van der Waals surface area contributed by atoms with E-state index >= 15 is 0 Å². The average Bonchev–Trinajstić information content (AvgIpc) is 2.53. The van der Waals surface area contributed by atoms with Crippen LogP contribution >= 0.6 is 12.4 Å². The normalized spacial score (nSPS) is 10.3. The van der Waals surface area contributed by atoms with Gasteiger partial charge in [-0.15, -0.1) is 12.4 Å². The van der Waals surface area contributed by atoms with Crippen LogP contribution in [-0.4, -0.2) is 37.4 Å².